The number of methoxy groups -OCH3 is 1. The molecule has 3 aromatic rings. The number of rotatable bonds is 8. The minimum Gasteiger partial charge on any atom is -0.497 e. The molecule has 0 aliphatic carbocycles. The number of nitro groups is 1. The standard InChI is InChI=1S/C19H17N3O7S2/c1-29-17-8-2-14(3-9-17)20-30(25,26)18-10-4-15(5-11-18)21-31(27,28)19-12-6-16(7-13-19)22(23)24/h2-13,20-21H,1H3. The molecule has 0 aromatic heterocycles. The fourth-order valence-corrected chi connectivity index (χ4v) is 4.65. The summed E-state index contributed by atoms with van der Waals surface area (Å²) in [6.45, 7) is 0. The molecule has 0 fully saturated rings. The van der Waals surface area contributed by atoms with Gasteiger partial charge in [0.1, 0.15) is 5.75 Å². The number of hydrogen-bond acceptors (Lipinski definition) is 7. The molecule has 12 heteroatoms. The Morgan fingerprint density at radius 3 is 1.48 bits per heavy atom. The van der Waals surface area contributed by atoms with Gasteiger partial charge in [0.2, 0.25) is 0 Å². The van der Waals surface area contributed by atoms with Crippen LogP contribution in [-0.4, -0.2) is 28.9 Å². The lowest BCUT2D eigenvalue weighted by Crippen LogP contribution is -2.14. The zero-order valence-electron chi connectivity index (χ0n) is 16.0. The summed E-state index contributed by atoms with van der Waals surface area (Å²) in [5.74, 6) is 0.576. The number of anilines is 2. The van der Waals surface area contributed by atoms with Crippen molar-refractivity contribution >= 4 is 37.1 Å². The largest absolute Gasteiger partial charge is 0.497 e. The molecule has 0 spiro atoms. The Morgan fingerprint density at radius 1 is 0.710 bits per heavy atom. The molecule has 0 radical (unpaired) electrons. The van der Waals surface area contributed by atoms with Crippen LogP contribution >= 0.6 is 0 Å². The van der Waals surface area contributed by atoms with Gasteiger partial charge in [-0.2, -0.15) is 0 Å². The monoisotopic (exact) mass is 463 g/mol. The van der Waals surface area contributed by atoms with E-state index in [0.717, 1.165) is 24.3 Å². The average Bonchev–Trinajstić information content (AvgIpc) is 2.74. The van der Waals surface area contributed by atoms with Crippen molar-refractivity contribution in [2.75, 3.05) is 16.6 Å². The van der Waals surface area contributed by atoms with Gasteiger partial charge in [-0.25, -0.2) is 16.8 Å². The first-order valence-corrected chi connectivity index (χ1v) is 11.6. The first-order chi connectivity index (χ1) is 14.6. The molecular weight excluding hydrogens is 446 g/mol. The highest BCUT2D eigenvalue weighted by molar-refractivity contribution is 7.93. The van der Waals surface area contributed by atoms with Crippen molar-refractivity contribution in [3.8, 4) is 5.75 Å². The first kappa shape index (κ1) is 22.1. The lowest BCUT2D eigenvalue weighted by atomic mass is 10.3. The summed E-state index contributed by atoms with van der Waals surface area (Å²) in [4.78, 5) is 9.82. The van der Waals surface area contributed by atoms with Gasteiger partial charge in [0.05, 0.1) is 21.8 Å². The van der Waals surface area contributed by atoms with Crippen LogP contribution < -0.4 is 14.2 Å². The maximum Gasteiger partial charge on any atom is 0.269 e. The van der Waals surface area contributed by atoms with Gasteiger partial charge in [-0.05, 0) is 60.7 Å². The number of hydrogen-bond donors (Lipinski definition) is 2. The van der Waals surface area contributed by atoms with Crippen LogP contribution in [0.25, 0.3) is 0 Å². The molecule has 0 unspecified atom stereocenters. The van der Waals surface area contributed by atoms with Crippen LogP contribution in [0.1, 0.15) is 0 Å². The summed E-state index contributed by atoms with van der Waals surface area (Å²) in [6, 6.07) is 15.8. The number of sulfonamides is 2. The maximum atomic E-state index is 12.5. The number of ether oxygens (including phenoxy) is 1. The van der Waals surface area contributed by atoms with Crippen molar-refractivity contribution in [2.45, 2.75) is 9.79 Å². The topological polar surface area (TPSA) is 145 Å². The molecular formula is C19H17N3O7S2. The highest BCUT2D eigenvalue weighted by Gasteiger charge is 2.18. The Bertz CT molecular complexity index is 1290. The average molecular weight is 463 g/mol. The summed E-state index contributed by atoms with van der Waals surface area (Å²) in [7, 11) is -6.40. The Hall–Kier alpha value is -3.64. The van der Waals surface area contributed by atoms with Crippen LogP contribution in [0.4, 0.5) is 17.1 Å². The zero-order valence-corrected chi connectivity index (χ0v) is 17.7. The smallest absolute Gasteiger partial charge is 0.269 e. The van der Waals surface area contributed by atoms with E-state index in [4.69, 9.17) is 4.74 Å². The lowest BCUT2D eigenvalue weighted by molar-refractivity contribution is -0.384. The maximum absolute atomic E-state index is 12.5. The van der Waals surface area contributed by atoms with Crippen LogP contribution in [0, 0.1) is 10.1 Å². The lowest BCUT2D eigenvalue weighted by Gasteiger charge is -2.11. The number of nitrogens with one attached hydrogen (secondary N) is 2. The van der Waals surface area contributed by atoms with Crippen LogP contribution in [0.2, 0.25) is 0 Å². The van der Waals surface area contributed by atoms with Crippen molar-refractivity contribution in [3.05, 3.63) is 82.9 Å². The van der Waals surface area contributed by atoms with E-state index in [0.29, 0.717) is 11.4 Å². The third kappa shape index (κ3) is 5.29. The molecule has 0 aliphatic rings. The molecule has 0 saturated heterocycles. The van der Waals surface area contributed by atoms with E-state index in [1.54, 1.807) is 24.3 Å². The van der Waals surface area contributed by atoms with E-state index in [1.807, 2.05) is 0 Å². The quantitative estimate of drug-likeness (QED) is 0.385. The fourth-order valence-electron chi connectivity index (χ4n) is 2.54. The molecule has 3 aromatic carbocycles. The van der Waals surface area contributed by atoms with Crippen LogP contribution in [0.3, 0.4) is 0 Å². The van der Waals surface area contributed by atoms with Crippen molar-refractivity contribution in [3.63, 3.8) is 0 Å². The van der Waals surface area contributed by atoms with Gasteiger partial charge in [-0.3, -0.25) is 19.6 Å². The third-order valence-corrected chi connectivity index (χ3v) is 6.91. The molecule has 0 heterocycles. The number of non-ortho nitro benzene ring substituents is 1. The van der Waals surface area contributed by atoms with Gasteiger partial charge in [-0.15, -0.1) is 0 Å². The number of nitrogens with zero attached hydrogens (tertiary/aromatic N) is 1. The van der Waals surface area contributed by atoms with Gasteiger partial charge < -0.3 is 4.74 Å². The Kier molecular flexibility index (Phi) is 6.13. The molecule has 3 rings (SSSR count). The molecule has 0 bridgehead atoms. The minimum absolute atomic E-state index is 0.0680. The number of benzene rings is 3. The summed E-state index contributed by atoms with van der Waals surface area (Å²) in [5.41, 5.74) is 0.225. The SMILES string of the molecule is COc1ccc(NS(=O)(=O)c2ccc(NS(=O)(=O)c3ccc([N+](=O)[O-])cc3)cc2)cc1. The van der Waals surface area contributed by atoms with E-state index in [2.05, 4.69) is 9.44 Å². The van der Waals surface area contributed by atoms with Crippen LogP contribution in [-0.2, 0) is 20.0 Å². The summed E-state index contributed by atoms with van der Waals surface area (Å²) in [6.07, 6.45) is 0. The summed E-state index contributed by atoms with van der Waals surface area (Å²) >= 11 is 0. The predicted octanol–water partition coefficient (Wildman–Crippen LogP) is 3.21. The molecule has 0 saturated carbocycles. The Labute approximate surface area is 178 Å². The minimum atomic E-state index is -4.01. The molecule has 162 valence electrons. The first-order valence-electron chi connectivity index (χ1n) is 8.65. The summed E-state index contributed by atoms with van der Waals surface area (Å²) in [5, 5.41) is 10.7. The van der Waals surface area contributed by atoms with Gasteiger partial charge in [-0.1, -0.05) is 0 Å². The van der Waals surface area contributed by atoms with Crippen molar-refractivity contribution in [2.24, 2.45) is 0 Å². The van der Waals surface area contributed by atoms with E-state index in [1.165, 1.54) is 31.4 Å². The zero-order chi connectivity index (χ0) is 22.6. The third-order valence-electron chi connectivity index (χ3n) is 4.12. The number of nitro benzene ring substituents is 1. The molecule has 0 atom stereocenters. The van der Waals surface area contributed by atoms with Crippen molar-refractivity contribution in [1.29, 1.82) is 0 Å². The van der Waals surface area contributed by atoms with Crippen LogP contribution in [0.15, 0.2) is 82.6 Å². The molecule has 2 N–H and O–H groups in total. The van der Waals surface area contributed by atoms with Gasteiger partial charge >= 0.3 is 0 Å². The Morgan fingerprint density at radius 2 is 1.10 bits per heavy atom. The second-order valence-corrected chi connectivity index (χ2v) is 9.58. The highest BCUT2D eigenvalue weighted by Crippen LogP contribution is 2.23. The van der Waals surface area contributed by atoms with Gasteiger partial charge in [0.15, 0.2) is 0 Å². The normalized spacial score (nSPS) is 11.5. The Balaban J connectivity index is 1.74. The van der Waals surface area contributed by atoms with E-state index < -0.39 is 25.0 Å². The second kappa shape index (κ2) is 8.62. The molecule has 10 nitrogen and oxygen atoms in total. The van der Waals surface area contributed by atoms with Gasteiger partial charge in [0.25, 0.3) is 25.7 Å². The van der Waals surface area contributed by atoms with E-state index in [-0.39, 0.29) is 21.2 Å². The highest BCUT2D eigenvalue weighted by atomic mass is 32.2. The fraction of sp³-hybridized carbons (Fsp3) is 0.0526. The molecule has 0 amide bonds. The summed E-state index contributed by atoms with van der Waals surface area (Å²) < 4.78 is 59.7. The second-order valence-electron chi connectivity index (χ2n) is 6.21. The van der Waals surface area contributed by atoms with Crippen molar-refractivity contribution in [1.82, 2.24) is 0 Å². The van der Waals surface area contributed by atoms with Gasteiger partial charge in [0, 0.05) is 23.5 Å². The predicted molar refractivity (Wildman–Crippen MR) is 114 cm³/mol. The van der Waals surface area contributed by atoms with Crippen LogP contribution in [0.5, 0.6) is 5.75 Å². The van der Waals surface area contributed by atoms with E-state index in [9.17, 15) is 26.9 Å². The molecule has 31 heavy (non-hydrogen) atoms. The molecule has 0 aliphatic heterocycles. The van der Waals surface area contributed by atoms with Crippen molar-refractivity contribution < 1.29 is 26.5 Å². The van der Waals surface area contributed by atoms with E-state index >= 15 is 0 Å².